The Labute approximate surface area is 151 Å². The quantitative estimate of drug-likeness (QED) is 0.737. The third kappa shape index (κ3) is 4.04. The van der Waals surface area contributed by atoms with Gasteiger partial charge in [0.05, 0.1) is 17.0 Å². The molecule has 0 saturated carbocycles. The van der Waals surface area contributed by atoms with Crippen LogP contribution in [0, 0.1) is 0 Å². The molecule has 1 aliphatic rings. The van der Waals surface area contributed by atoms with Crippen molar-refractivity contribution in [3.05, 3.63) is 44.6 Å². The minimum absolute atomic E-state index is 0.0644. The summed E-state index contributed by atoms with van der Waals surface area (Å²) in [6.45, 7) is 3.68. The third-order valence-corrected chi connectivity index (χ3v) is 4.74. The number of benzene rings is 1. The summed E-state index contributed by atoms with van der Waals surface area (Å²) in [5.41, 5.74) is 0.0486. The Kier molecular flexibility index (Phi) is 5.88. The molecule has 1 aliphatic heterocycles. The van der Waals surface area contributed by atoms with E-state index >= 15 is 0 Å². The summed E-state index contributed by atoms with van der Waals surface area (Å²) in [6.07, 6.45) is 4.80. The Balaban J connectivity index is 1.80. The molecule has 2 aromatic rings. The van der Waals surface area contributed by atoms with E-state index in [0.717, 1.165) is 38.7 Å². The normalized spacial score (nSPS) is 16.9. The van der Waals surface area contributed by atoms with E-state index < -0.39 is 5.69 Å². The predicted octanol–water partition coefficient (Wildman–Crippen LogP) is 1.79. The molecule has 140 valence electrons. The number of carbonyl (C=O) groups excluding carboxylic acids is 1. The molecule has 0 radical (unpaired) electrons. The van der Waals surface area contributed by atoms with E-state index in [1.54, 1.807) is 18.2 Å². The number of nitrogens with one attached hydrogen (secondary N) is 2. The van der Waals surface area contributed by atoms with Crippen LogP contribution in [0.2, 0.25) is 0 Å². The molecule has 0 aliphatic carbocycles. The van der Waals surface area contributed by atoms with Crippen molar-refractivity contribution in [1.82, 2.24) is 14.9 Å². The molecule has 1 atom stereocenters. The van der Waals surface area contributed by atoms with Crippen LogP contribution in [0.1, 0.15) is 49.4 Å². The summed E-state index contributed by atoms with van der Waals surface area (Å²) in [5.74, 6) is -0.240. The fourth-order valence-electron chi connectivity index (χ4n) is 3.23. The molecular formula is C19H25N3O4. The summed E-state index contributed by atoms with van der Waals surface area (Å²) in [5, 5.41) is 3.25. The average Bonchev–Trinajstić information content (AvgIpc) is 3.15. The number of fused-ring (bicyclic) bond motifs is 1. The molecule has 3 rings (SSSR count). The number of hydrogen-bond acceptors (Lipinski definition) is 4. The maximum absolute atomic E-state index is 12.6. The topological polar surface area (TPSA) is 93.2 Å². The number of aromatic nitrogens is 2. The van der Waals surface area contributed by atoms with Crippen molar-refractivity contribution in [1.29, 1.82) is 0 Å². The molecule has 1 saturated heterocycles. The molecule has 0 unspecified atom stereocenters. The van der Waals surface area contributed by atoms with Crippen molar-refractivity contribution in [3.8, 4) is 0 Å². The molecule has 26 heavy (non-hydrogen) atoms. The van der Waals surface area contributed by atoms with Gasteiger partial charge in [-0.3, -0.25) is 14.2 Å². The molecule has 2 N–H and O–H groups in total. The van der Waals surface area contributed by atoms with Crippen LogP contribution in [0.25, 0.3) is 10.9 Å². The lowest BCUT2D eigenvalue weighted by atomic mass is 10.1. The van der Waals surface area contributed by atoms with Crippen molar-refractivity contribution >= 4 is 16.8 Å². The van der Waals surface area contributed by atoms with Crippen LogP contribution in [0.3, 0.4) is 0 Å². The first-order chi connectivity index (χ1) is 12.6. The van der Waals surface area contributed by atoms with Gasteiger partial charge in [-0.05, 0) is 37.5 Å². The maximum atomic E-state index is 12.6. The van der Waals surface area contributed by atoms with E-state index in [9.17, 15) is 14.4 Å². The number of rotatable bonds is 7. The van der Waals surface area contributed by atoms with Crippen LogP contribution >= 0.6 is 0 Å². The minimum atomic E-state index is -0.435. The zero-order valence-electron chi connectivity index (χ0n) is 15.0. The van der Waals surface area contributed by atoms with Gasteiger partial charge in [-0.1, -0.05) is 19.8 Å². The highest BCUT2D eigenvalue weighted by Crippen LogP contribution is 2.12. The Hall–Kier alpha value is -2.41. The van der Waals surface area contributed by atoms with Gasteiger partial charge in [0.25, 0.3) is 11.5 Å². The number of carbonyl (C=O) groups is 1. The van der Waals surface area contributed by atoms with Crippen LogP contribution in [0.4, 0.5) is 0 Å². The number of nitrogens with zero attached hydrogens (tertiary/aromatic N) is 1. The van der Waals surface area contributed by atoms with E-state index in [1.807, 2.05) is 0 Å². The van der Waals surface area contributed by atoms with E-state index in [1.165, 1.54) is 4.57 Å². The fourth-order valence-corrected chi connectivity index (χ4v) is 3.23. The van der Waals surface area contributed by atoms with Crippen molar-refractivity contribution in [3.63, 3.8) is 0 Å². The highest BCUT2D eigenvalue weighted by molar-refractivity contribution is 5.97. The van der Waals surface area contributed by atoms with Crippen LogP contribution in [0.5, 0.6) is 0 Å². The Morgan fingerprint density at radius 1 is 1.35 bits per heavy atom. The van der Waals surface area contributed by atoms with Gasteiger partial charge >= 0.3 is 5.69 Å². The molecule has 1 amide bonds. The van der Waals surface area contributed by atoms with Crippen LogP contribution < -0.4 is 16.6 Å². The first kappa shape index (κ1) is 18.4. The minimum Gasteiger partial charge on any atom is -0.376 e. The molecule has 1 aromatic heterocycles. The van der Waals surface area contributed by atoms with Crippen molar-refractivity contribution < 1.29 is 9.53 Å². The van der Waals surface area contributed by atoms with E-state index in [0.29, 0.717) is 29.6 Å². The number of hydrogen-bond donors (Lipinski definition) is 2. The molecule has 7 heteroatoms. The highest BCUT2D eigenvalue weighted by Gasteiger charge is 2.17. The van der Waals surface area contributed by atoms with Crippen molar-refractivity contribution in [2.45, 2.75) is 51.7 Å². The van der Waals surface area contributed by atoms with Crippen molar-refractivity contribution in [2.75, 3.05) is 13.2 Å². The van der Waals surface area contributed by atoms with Crippen LogP contribution in [0.15, 0.2) is 27.8 Å². The van der Waals surface area contributed by atoms with Gasteiger partial charge in [0.1, 0.15) is 0 Å². The number of H-pyrrole nitrogens is 1. The van der Waals surface area contributed by atoms with Gasteiger partial charge in [-0.2, -0.15) is 0 Å². The van der Waals surface area contributed by atoms with Gasteiger partial charge < -0.3 is 15.0 Å². The SMILES string of the molecule is CCCCCn1c(=O)[nH]c2cc(C(=O)NC[C@@H]3CCCO3)ccc2c1=O. The first-order valence-corrected chi connectivity index (χ1v) is 9.27. The van der Waals surface area contributed by atoms with Gasteiger partial charge in [0.15, 0.2) is 0 Å². The molecule has 2 heterocycles. The summed E-state index contributed by atoms with van der Waals surface area (Å²) in [7, 11) is 0. The van der Waals surface area contributed by atoms with Gasteiger partial charge in [0, 0.05) is 25.3 Å². The van der Waals surface area contributed by atoms with E-state index in [2.05, 4.69) is 17.2 Å². The Morgan fingerprint density at radius 2 is 2.19 bits per heavy atom. The standard InChI is InChI=1S/C19H25N3O4/c1-2-3-4-9-22-18(24)15-8-7-13(11-16(15)21-19(22)25)17(23)20-12-14-6-5-10-26-14/h7-8,11,14H,2-6,9-10,12H2,1H3,(H,20,23)(H,21,25)/t14-/m0/s1. The predicted molar refractivity (Wildman–Crippen MR) is 99.7 cm³/mol. The molecular weight excluding hydrogens is 334 g/mol. The number of aromatic amines is 1. The van der Waals surface area contributed by atoms with Crippen LogP contribution in [-0.2, 0) is 11.3 Å². The smallest absolute Gasteiger partial charge is 0.328 e. The average molecular weight is 359 g/mol. The van der Waals surface area contributed by atoms with E-state index in [-0.39, 0.29) is 17.6 Å². The third-order valence-electron chi connectivity index (χ3n) is 4.74. The van der Waals surface area contributed by atoms with Gasteiger partial charge in [-0.25, -0.2) is 4.79 Å². The molecule has 0 spiro atoms. The molecule has 7 nitrogen and oxygen atoms in total. The second-order valence-corrected chi connectivity index (χ2v) is 6.70. The number of unbranched alkanes of at least 4 members (excludes halogenated alkanes) is 2. The second kappa shape index (κ2) is 8.31. The summed E-state index contributed by atoms with van der Waals surface area (Å²) in [4.78, 5) is 39.8. The maximum Gasteiger partial charge on any atom is 0.328 e. The zero-order chi connectivity index (χ0) is 18.5. The first-order valence-electron chi connectivity index (χ1n) is 9.27. The van der Waals surface area contributed by atoms with Crippen molar-refractivity contribution in [2.24, 2.45) is 0 Å². The van der Waals surface area contributed by atoms with E-state index in [4.69, 9.17) is 4.74 Å². The molecule has 0 bridgehead atoms. The lowest BCUT2D eigenvalue weighted by molar-refractivity contribution is 0.0858. The monoisotopic (exact) mass is 359 g/mol. The number of ether oxygens (including phenoxy) is 1. The fraction of sp³-hybridized carbons (Fsp3) is 0.526. The summed E-state index contributed by atoms with van der Waals surface area (Å²) < 4.78 is 6.72. The van der Waals surface area contributed by atoms with Crippen LogP contribution in [-0.4, -0.2) is 34.7 Å². The molecule has 1 fully saturated rings. The van der Waals surface area contributed by atoms with Gasteiger partial charge in [-0.15, -0.1) is 0 Å². The summed E-state index contributed by atoms with van der Waals surface area (Å²) in [6, 6.07) is 4.77. The Morgan fingerprint density at radius 3 is 2.92 bits per heavy atom. The highest BCUT2D eigenvalue weighted by atomic mass is 16.5. The lowest BCUT2D eigenvalue weighted by Crippen LogP contribution is -2.35. The second-order valence-electron chi connectivity index (χ2n) is 6.70. The number of amides is 1. The zero-order valence-corrected chi connectivity index (χ0v) is 15.0. The molecule has 1 aromatic carbocycles. The largest absolute Gasteiger partial charge is 0.376 e. The lowest BCUT2D eigenvalue weighted by Gasteiger charge is -2.11. The summed E-state index contributed by atoms with van der Waals surface area (Å²) >= 11 is 0. The van der Waals surface area contributed by atoms with Gasteiger partial charge in [0.2, 0.25) is 0 Å². The Bertz CT molecular complexity index is 894.